The standard InChI is InChI=1S/C18H22N2O/c1-12-5-8-16(9-6-12)20-18(21)15(4)19-17-10-7-13(2)11-14(17)3/h5-11,15,19H,1-4H3,(H,20,21)/t15-/m1/s1. The molecule has 0 bridgehead atoms. The van der Waals surface area contributed by atoms with Gasteiger partial charge < -0.3 is 10.6 Å². The molecule has 0 aromatic heterocycles. The quantitative estimate of drug-likeness (QED) is 0.888. The Morgan fingerprint density at radius 2 is 1.57 bits per heavy atom. The summed E-state index contributed by atoms with van der Waals surface area (Å²) < 4.78 is 0. The summed E-state index contributed by atoms with van der Waals surface area (Å²) in [5.41, 5.74) is 5.35. The van der Waals surface area contributed by atoms with Gasteiger partial charge in [0.05, 0.1) is 0 Å². The maximum Gasteiger partial charge on any atom is 0.246 e. The molecule has 0 radical (unpaired) electrons. The van der Waals surface area contributed by atoms with Crippen molar-refractivity contribution in [3.8, 4) is 0 Å². The van der Waals surface area contributed by atoms with Gasteiger partial charge in [-0.3, -0.25) is 4.79 Å². The maximum absolute atomic E-state index is 12.2. The van der Waals surface area contributed by atoms with Crippen LogP contribution in [0.4, 0.5) is 11.4 Å². The highest BCUT2D eigenvalue weighted by atomic mass is 16.2. The Labute approximate surface area is 126 Å². The van der Waals surface area contributed by atoms with Crippen LogP contribution in [0, 0.1) is 20.8 Å². The number of aryl methyl sites for hydroxylation is 3. The predicted molar refractivity (Wildman–Crippen MR) is 88.8 cm³/mol. The zero-order valence-corrected chi connectivity index (χ0v) is 13.0. The lowest BCUT2D eigenvalue weighted by Gasteiger charge is -2.17. The number of amides is 1. The molecule has 0 spiro atoms. The lowest BCUT2D eigenvalue weighted by molar-refractivity contribution is -0.116. The smallest absolute Gasteiger partial charge is 0.246 e. The lowest BCUT2D eigenvalue weighted by atomic mass is 10.1. The third-order valence-corrected chi connectivity index (χ3v) is 3.47. The molecule has 0 fully saturated rings. The molecule has 2 aromatic carbocycles. The van der Waals surface area contributed by atoms with Crippen molar-refractivity contribution < 1.29 is 4.79 Å². The van der Waals surface area contributed by atoms with Crippen LogP contribution in [0.25, 0.3) is 0 Å². The zero-order valence-electron chi connectivity index (χ0n) is 13.0. The van der Waals surface area contributed by atoms with Gasteiger partial charge in [0.15, 0.2) is 0 Å². The molecule has 0 aliphatic rings. The Morgan fingerprint density at radius 1 is 0.952 bits per heavy atom. The second-order valence-corrected chi connectivity index (χ2v) is 5.54. The molecule has 0 saturated heterocycles. The second-order valence-electron chi connectivity index (χ2n) is 5.54. The number of rotatable bonds is 4. The molecule has 2 N–H and O–H groups in total. The van der Waals surface area contributed by atoms with E-state index in [-0.39, 0.29) is 11.9 Å². The Hall–Kier alpha value is -2.29. The van der Waals surface area contributed by atoms with Gasteiger partial charge >= 0.3 is 0 Å². The fourth-order valence-electron chi connectivity index (χ4n) is 2.16. The van der Waals surface area contributed by atoms with Crippen LogP contribution in [-0.2, 0) is 4.79 Å². The van der Waals surface area contributed by atoms with Crippen molar-refractivity contribution in [3.63, 3.8) is 0 Å². The third-order valence-electron chi connectivity index (χ3n) is 3.47. The van der Waals surface area contributed by atoms with E-state index in [9.17, 15) is 4.79 Å². The number of nitrogens with one attached hydrogen (secondary N) is 2. The molecule has 2 aromatic rings. The molecule has 1 atom stereocenters. The number of hydrogen-bond acceptors (Lipinski definition) is 2. The van der Waals surface area contributed by atoms with Crippen molar-refractivity contribution >= 4 is 17.3 Å². The van der Waals surface area contributed by atoms with Crippen LogP contribution >= 0.6 is 0 Å². The highest BCUT2D eigenvalue weighted by Gasteiger charge is 2.13. The van der Waals surface area contributed by atoms with Crippen LogP contribution in [0.3, 0.4) is 0 Å². The highest BCUT2D eigenvalue weighted by molar-refractivity contribution is 5.96. The van der Waals surface area contributed by atoms with E-state index < -0.39 is 0 Å². The van der Waals surface area contributed by atoms with Crippen LogP contribution in [0.1, 0.15) is 23.6 Å². The molecule has 1 amide bonds. The Balaban J connectivity index is 2.00. The summed E-state index contributed by atoms with van der Waals surface area (Å²) in [6.07, 6.45) is 0. The summed E-state index contributed by atoms with van der Waals surface area (Å²) in [6.45, 7) is 7.99. The number of hydrogen-bond donors (Lipinski definition) is 2. The molecule has 0 saturated carbocycles. The first kappa shape index (κ1) is 15.1. The van der Waals surface area contributed by atoms with Crippen molar-refractivity contribution in [2.24, 2.45) is 0 Å². The molecule has 3 heteroatoms. The van der Waals surface area contributed by atoms with E-state index in [1.54, 1.807) is 0 Å². The molecule has 3 nitrogen and oxygen atoms in total. The number of anilines is 2. The summed E-state index contributed by atoms with van der Waals surface area (Å²) >= 11 is 0. The van der Waals surface area contributed by atoms with Gasteiger partial charge in [0, 0.05) is 11.4 Å². The van der Waals surface area contributed by atoms with Gasteiger partial charge in [-0.25, -0.2) is 0 Å². The zero-order chi connectivity index (χ0) is 15.4. The predicted octanol–water partition coefficient (Wildman–Crippen LogP) is 4.05. The van der Waals surface area contributed by atoms with E-state index in [4.69, 9.17) is 0 Å². The average molecular weight is 282 g/mol. The van der Waals surface area contributed by atoms with Crippen molar-refractivity contribution in [2.45, 2.75) is 33.7 Å². The van der Waals surface area contributed by atoms with E-state index in [0.717, 1.165) is 16.9 Å². The van der Waals surface area contributed by atoms with Crippen molar-refractivity contribution in [2.75, 3.05) is 10.6 Å². The normalized spacial score (nSPS) is 11.8. The summed E-state index contributed by atoms with van der Waals surface area (Å²) in [4.78, 5) is 12.2. The summed E-state index contributed by atoms with van der Waals surface area (Å²) in [5, 5.41) is 6.18. The molecule has 2 rings (SSSR count). The molecular formula is C18H22N2O. The highest BCUT2D eigenvalue weighted by Crippen LogP contribution is 2.17. The SMILES string of the molecule is Cc1ccc(NC(=O)[C@@H](C)Nc2ccc(C)cc2C)cc1. The monoisotopic (exact) mass is 282 g/mol. The molecule has 21 heavy (non-hydrogen) atoms. The van der Waals surface area contributed by atoms with E-state index in [1.165, 1.54) is 11.1 Å². The average Bonchev–Trinajstić information content (AvgIpc) is 2.44. The largest absolute Gasteiger partial charge is 0.374 e. The van der Waals surface area contributed by atoms with Crippen LogP contribution in [0.5, 0.6) is 0 Å². The van der Waals surface area contributed by atoms with Crippen molar-refractivity contribution in [1.82, 2.24) is 0 Å². The van der Waals surface area contributed by atoms with Gasteiger partial charge in [0.2, 0.25) is 5.91 Å². The van der Waals surface area contributed by atoms with Crippen molar-refractivity contribution in [3.05, 3.63) is 59.2 Å². The van der Waals surface area contributed by atoms with Gasteiger partial charge in [-0.15, -0.1) is 0 Å². The first-order valence-corrected chi connectivity index (χ1v) is 7.17. The van der Waals surface area contributed by atoms with Crippen molar-refractivity contribution in [1.29, 1.82) is 0 Å². The first-order chi connectivity index (χ1) is 9.95. The molecule has 0 unspecified atom stereocenters. The van der Waals surface area contributed by atoms with Gasteiger partial charge in [-0.05, 0) is 51.5 Å². The minimum atomic E-state index is -0.298. The van der Waals surface area contributed by atoms with E-state index in [2.05, 4.69) is 23.6 Å². The molecule has 0 aliphatic heterocycles. The molecule has 0 aliphatic carbocycles. The minimum absolute atomic E-state index is 0.0428. The molecule has 0 heterocycles. The summed E-state index contributed by atoms with van der Waals surface area (Å²) in [6, 6.07) is 13.7. The van der Waals surface area contributed by atoms with E-state index in [0.29, 0.717) is 0 Å². The van der Waals surface area contributed by atoms with Gasteiger partial charge in [0.1, 0.15) is 6.04 Å². The molecule has 110 valence electrons. The Bertz CT molecular complexity index is 632. The first-order valence-electron chi connectivity index (χ1n) is 7.17. The number of carbonyl (C=O) groups excluding carboxylic acids is 1. The Morgan fingerprint density at radius 3 is 2.19 bits per heavy atom. The number of benzene rings is 2. The van der Waals surface area contributed by atoms with Gasteiger partial charge in [-0.1, -0.05) is 35.4 Å². The van der Waals surface area contributed by atoms with Gasteiger partial charge in [-0.2, -0.15) is 0 Å². The topological polar surface area (TPSA) is 41.1 Å². The summed E-state index contributed by atoms with van der Waals surface area (Å²) in [5.74, 6) is -0.0428. The third kappa shape index (κ3) is 4.09. The number of carbonyl (C=O) groups is 1. The van der Waals surface area contributed by atoms with E-state index >= 15 is 0 Å². The second kappa shape index (κ2) is 6.44. The lowest BCUT2D eigenvalue weighted by Crippen LogP contribution is -2.32. The van der Waals surface area contributed by atoms with Crippen LogP contribution in [-0.4, -0.2) is 11.9 Å². The van der Waals surface area contributed by atoms with Gasteiger partial charge in [0.25, 0.3) is 0 Å². The van der Waals surface area contributed by atoms with Crippen LogP contribution in [0.2, 0.25) is 0 Å². The van der Waals surface area contributed by atoms with Crippen LogP contribution < -0.4 is 10.6 Å². The maximum atomic E-state index is 12.2. The Kier molecular flexibility index (Phi) is 4.63. The van der Waals surface area contributed by atoms with Crippen LogP contribution in [0.15, 0.2) is 42.5 Å². The molecular weight excluding hydrogens is 260 g/mol. The fourth-order valence-corrected chi connectivity index (χ4v) is 2.16. The summed E-state index contributed by atoms with van der Waals surface area (Å²) in [7, 11) is 0. The minimum Gasteiger partial charge on any atom is -0.374 e. The van der Waals surface area contributed by atoms with E-state index in [1.807, 2.05) is 57.2 Å². The fraction of sp³-hybridized carbons (Fsp3) is 0.278.